The first-order valence-electron chi connectivity index (χ1n) is 9.47. The van der Waals surface area contributed by atoms with E-state index in [1.54, 1.807) is 11.3 Å². The number of halogens is 3. The Balaban J connectivity index is 0.000000339. The molecule has 1 amide bonds. The van der Waals surface area contributed by atoms with Gasteiger partial charge in [0, 0.05) is 67.3 Å². The minimum atomic E-state index is -5.08. The highest BCUT2D eigenvalue weighted by molar-refractivity contribution is 7.08. The number of aliphatic carboxylic acids is 1. The minimum absolute atomic E-state index is 0.0157. The number of carboxylic acids is 1. The van der Waals surface area contributed by atoms with Crippen LogP contribution < -0.4 is 5.32 Å². The third-order valence-corrected chi connectivity index (χ3v) is 6.07. The number of nitrogens with one attached hydrogen (secondary N) is 1. The van der Waals surface area contributed by atoms with Gasteiger partial charge in [-0.3, -0.25) is 14.4 Å². The summed E-state index contributed by atoms with van der Waals surface area (Å²) in [6.07, 6.45) is -1.09. The third-order valence-electron chi connectivity index (χ3n) is 5.38. The molecule has 0 radical (unpaired) electrons. The van der Waals surface area contributed by atoms with Gasteiger partial charge in [0.15, 0.2) is 0 Å². The number of hydrogen-bond acceptors (Lipinski definition) is 6. The minimum Gasteiger partial charge on any atom is -0.475 e. The molecular formula is C19H23F3N4O4S. The summed E-state index contributed by atoms with van der Waals surface area (Å²) < 4.78 is 39.3. The standard InChI is InChI=1S/C17H22N4O2S.C2HF3O2/c1-20-5-13(4-19-20)6-21-7-15-8-23-12-17(15,11-21)10-18-16(22)14-2-3-24-9-14;3-2(4,5)1(6)7/h2-5,9,15H,6-8,10-12H2,1H3,(H,18,22);(H,6,7)/t15-,17+;/m1./s1. The molecule has 2 aliphatic heterocycles. The predicted molar refractivity (Wildman–Crippen MR) is 106 cm³/mol. The summed E-state index contributed by atoms with van der Waals surface area (Å²) in [6, 6.07) is 1.86. The van der Waals surface area contributed by atoms with Crippen molar-refractivity contribution in [2.45, 2.75) is 12.7 Å². The zero-order valence-corrected chi connectivity index (χ0v) is 17.6. The Morgan fingerprint density at radius 3 is 2.77 bits per heavy atom. The lowest BCUT2D eigenvalue weighted by atomic mass is 9.81. The third kappa shape index (κ3) is 5.83. The van der Waals surface area contributed by atoms with Gasteiger partial charge >= 0.3 is 12.1 Å². The van der Waals surface area contributed by atoms with Crippen LogP contribution in [0.3, 0.4) is 0 Å². The summed E-state index contributed by atoms with van der Waals surface area (Å²) >= 11 is 1.55. The lowest BCUT2D eigenvalue weighted by molar-refractivity contribution is -0.192. The summed E-state index contributed by atoms with van der Waals surface area (Å²) in [7, 11) is 1.94. The first-order valence-corrected chi connectivity index (χ1v) is 10.4. The second kappa shape index (κ2) is 9.37. The first kappa shape index (κ1) is 23.2. The van der Waals surface area contributed by atoms with E-state index in [0.29, 0.717) is 12.5 Å². The normalized spacial score (nSPS) is 23.2. The molecule has 2 atom stereocenters. The Hall–Kier alpha value is -2.44. The molecule has 4 rings (SSSR count). The van der Waals surface area contributed by atoms with Crippen molar-refractivity contribution >= 4 is 23.2 Å². The average molecular weight is 460 g/mol. The number of carbonyl (C=O) groups excluding carboxylic acids is 1. The molecule has 2 aromatic rings. The topological polar surface area (TPSA) is 96.7 Å². The van der Waals surface area contributed by atoms with Crippen LogP contribution in [0.1, 0.15) is 15.9 Å². The molecule has 0 unspecified atom stereocenters. The molecule has 4 heterocycles. The van der Waals surface area contributed by atoms with E-state index in [1.165, 1.54) is 5.56 Å². The maximum atomic E-state index is 12.3. The zero-order chi connectivity index (χ0) is 22.6. The number of likely N-dealkylation sites (tertiary alicyclic amines) is 1. The predicted octanol–water partition coefficient (Wildman–Crippen LogP) is 1.99. The number of ether oxygens (including phenoxy) is 1. The molecule has 170 valence electrons. The van der Waals surface area contributed by atoms with Gasteiger partial charge in [-0.05, 0) is 11.4 Å². The van der Waals surface area contributed by atoms with Crippen LogP contribution in [0.15, 0.2) is 29.2 Å². The molecule has 0 saturated carbocycles. The van der Waals surface area contributed by atoms with Crippen molar-refractivity contribution < 1.29 is 32.6 Å². The second-order valence-corrected chi connectivity index (χ2v) is 8.54. The van der Waals surface area contributed by atoms with Crippen molar-refractivity contribution in [2.75, 3.05) is 32.8 Å². The smallest absolute Gasteiger partial charge is 0.475 e. The number of carbonyl (C=O) groups is 2. The van der Waals surface area contributed by atoms with Gasteiger partial charge in [0.25, 0.3) is 5.91 Å². The lowest BCUT2D eigenvalue weighted by Gasteiger charge is -2.27. The van der Waals surface area contributed by atoms with Crippen LogP contribution in [-0.2, 0) is 23.1 Å². The van der Waals surface area contributed by atoms with Crippen molar-refractivity contribution in [1.82, 2.24) is 20.0 Å². The SMILES string of the molecule is Cn1cc(CN2C[C@@H]3COC[C@]3(CNC(=O)c3ccsc3)C2)cn1.O=C(O)C(F)(F)F. The van der Waals surface area contributed by atoms with Gasteiger partial charge in [0.05, 0.1) is 19.4 Å². The van der Waals surface area contributed by atoms with E-state index < -0.39 is 12.1 Å². The molecule has 0 aromatic carbocycles. The molecular weight excluding hydrogens is 437 g/mol. The van der Waals surface area contributed by atoms with Crippen LogP contribution in [0, 0.1) is 11.3 Å². The fraction of sp³-hybridized carbons (Fsp3) is 0.526. The summed E-state index contributed by atoms with van der Waals surface area (Å²) in [5, 5.41) is 18.3. The van der Waals surface area contributed by atoms with E-state index in [9.17, 15) is 18.0 Å². The molecule has 0 aliphatic carbocycles. The second-order valence-electron chi connectivity index (χ2n) is 7.76. The number of rotatable bonds is 5. The fourth-order valence-electron chi connectivity index (χ4n) is 3.88. The molecule has 2 saturated heterocycles. The van der Waals surface area contributed by atoms with Crippen molar-refractivity contribution in [3.8, 4) is 0 Å². The highest BCUT2D eigenvalue weighted by Crippen LogP contribution is 2.41. The van der Waals surface area contributed by atoms with E-state index in [4.69, 9.17) is 14.6 Å². The van der Waals surface area contributed by atoms with Crippen molar-refractivity contribution in [2.24, 2.45) is 18.4 Å². The Labute approximate surface area is 180 Å². The first-order chi connectivity index (χ1) is 14.6. The Kier molecular flexibility index (Phi) is 7.02. The number of amides is 1. The monoisotopic (exact) mass is 460 g/mol. The van der Waals surface area contributed by atoms with Crippen molar-refractivity contribution in [3.63, 3.8) is 0 Å². The van der Waals surface area contributed by atoms with E-state index in [-0.39, 0.29) is 11.3 Å². The lowest BCUT2D eigenvalue weighted by Crippen LogP contribution is -2.43. The maximum absolute atomic E-state index is 12.3. The van der Waals surface area contributed by atoms with Gasteiger partial charge in [0.2, 0.25) is 0 Å². The Bertz CT molecular complexity index is 902. The number of aromatic nitrogens is 2. The summed E-state index contributed by atoms with van der Waals surface area (Å²) in [4.78, 5) is 23.6. The molecule has 12 heteroatoms. The molecule has 2 aromatic heterocycles. The van der Waals surface area contributed by atoms with Crippen molar-refractivity contribution in [1.29, 1.82) is 0 Å². The number of thiophene rings is 1. The van der Waals surface area contributed by atoms with Crippen LogP contribution in [0.2, 0.25) is 0 Å². The molecule has 31 heavy (non-hydrogen) atoms. The van der Waals surface area contributed by atoms with E-state index >= 15 is 0 Å². The largest absolute Gasteiger partial charge is 0.490 e. The number of hydrogen-bond donors (Lipinski definition) is 2. The van der Waals surface area contributed by atoms with E-state index in [0.717, 1.165) is 38.4 Å². The van der Waals surface area contributed by atoms with Crippen molar-refractivity contribution in [3.05, 3.63) is 40.3 Å². The number of aryl methyl sites for hydroxylation is 1. The van der Waals surface area contributed by atoms with E-state index in [2.05, 4.69) is 21.5 Å². The zero-order valence-electron chi connectivity index (χ0n) is 16.8. The van der Waals surface area contributed by atoms with Crippen LogP contribution in [0.4, 0.5) is 13.2 Å². The van der Waals surface area contributed by atoms with E-state index in [1.807, 2.05) is 34.8 Å². The molecule has 0 bridgehead atoms. The maximum Gasteiger partial charge on any atom is 0.490 e. The molecule has 0 spiro atoms. The van der Waals surface area contributed by atoms with Crippen LogP contribution >= 0.6 is 11.3 Å². The van der Waals surface area contributed by atoms with Crippen LogP contribution in [0.25, 0.3) is 0 Å². The molecule has 2 N–H and O–H groups in total. The average Bonchev–Trinajstić information content (AvgIpc) is 3.44. The number of alkyl halides is 3. The van der Waals surface area contributed by atoms with Gasteiger partial charge in [-0.1, -0.05) is 0 Å². The van der Waals surface area contributed by atoms with Gasteiger partial charge in [-0.25, -0.2) is 4.79 Å². The quantitative estimate of drug-likeness (QED) is 0.709. The Morgan fingerprint density at radius 1 is 1.45 bits per heavy atom. The highest BCUT2D eigenvalue weighted by atomic mass is 32.1. The van der Waals surface area contributed by atoms with Gasteiger partial charge in [-0.15, -0.1) is 0 Å². The van der Waals surface area contributed by atoms with Gasteiger partial charge < -0.3 is 15.2 Å². The van der Waals surface area contributed by atoms with Gasteiger partial charge in [0.1, 0.15) is 0 Å². The number of fused-ring (bicyclic) bond motifs is 1. The van der Waals surface area contributed by atoms with Crippen LogP contribution in [0.5, 0.6) is 0 Å². The summed E-state index contributed by atoms with van der Waals surface area (Å²) in [5.74, 6) is -2.26. The van der Waals surface area contributed by atoms with Crippen LogP contribution in [-0.4, -0.2) is 70.7 Å². The summed E-state index contributed by atoms with van der Waals surface area (Å²) in [6.45, 7) is 5.07. The molecule has 8 nitrogen and oxygen atoms in total. The van der Waals surface area contributed by atoms with Gasteiger partial charge in [-0.2, -0.15) is 29.6 Å². The molecule has 2 aliphatic rings. The molecule has 2 fully saturated rings. The summed E-state index contributed by atoms with van der Waals surface area (Å²) in [5.41, 5.74) is 2.02. The number of nitrogens with zero attached hydrogens (tertiary/aromatic N) is 3. The highest BCUT2D eigenvalue weighted by Gasteiger charge is 2.50. The fourth-order valence-corrected chi connectivity index (χ4v) is 4.51. The number of carboxylic acid groups (broad SMARTS) is 1. The Morgan fingerprint density at radius 2 is 2.19 bits per heavy atom.